The summed E-state index contributed by atoms with van der Waals surface area (Å²) >= 11 is 0. The van der Waals surface area contributed by atoms with E-state index in [1.165, 1.54) is 24.1 Å². The number of dihydropyridines is 1. The van der Waals surface area contributed by atoms with E-state index in [0.717, 1.165) is 89.0 Å². The molecule has 8 nitrogen and oxygen atoms in total. The molecular weight excluding hydrogens is 509 g/mol. The zero-order chi connectivity index (χ0) is 27.9. The summed E-state index contributed by atoms with van der Waals surface area (Å²) in [6.45, 7) is 12.9. The van der Waals surface area contributed by atoms with Crippen molar-refractivity contribution in [3.05, 3.63) is 77.3 Å². The molecule has 40 heavy (non-hydrogen) atoms. The molecule has 1 unspecified atom stereocenters. The molecule has 214 valence electrons. The second-order valence-electron chi connectivity index (χ2n) is 10.6. The summed E-state index contributed by atoms with van der Waals surface area (Å²) in [4.78, 5) is 7.52. The van der Waals surface area contributed by atoms with Crippen LogP contribution < -0.4 is 15.2 Å². The fourth-order valence-corrected chi connectivity index (χ4v) is 5.57. The van der Waals surface area contributed by atoms with Crippen LogP contribution in [0.1, 0.15) is 24.5 Å². The fraction of sp³-hybridized carbons (Fsp3) is 0.452. The first-order valence-electron chi connectivity index (χ1n) is 14.2. The van der Waals surface area contributed by atoms with Crippen LogP contribution >= 0.6 is 0 Å². The van der Waals surface area contributed by atoms with Crippen LogP contribution in [0.4, 0.5) is 4.39 Å². The summed E-state index contributed by atoms with van der Waals surface area (Å²) in [5, 5.41) is 22.0. The van der Waals surface area contributed by atoms with Crippen LogP contribution in [0.2, 0.25) is 0 Å². The largest absolute Gasteiger partial charge is 0.859 e. The van der Waals surface area contributed by atoms with E-state index in [0.29, 0.717) is 5.75 Å². The Bertz CT molecular complexity index is 1240. The van der Waals surface area contributed by atoms with Gasteiger partial charge in [-0.25, -0.2) is 4.39 Å². The third-order valence-corrected chi connectivity index (χ3v) is 7.69. The molecule has 0 radical (unpaired) electrons. The minimum atomic E-state index is -0.980. The lowest BCUT2D eigenvalue weighted by atomic mass is 9.96. The van der Waals surface area contributed by atoms with Gasteiger partial charge in [0.25, 0.3) is 0 Å². The van der Waals surface area contributed by atoms with Gasteiger partial charge in [0.2, 0.25) is 0 Å². The van der Waals surface area contributed by atoms with E-state index in [2.05, 4.69) is 51.2 Å². The quantitative estimate of drug-likeness (QED) is 0.349. The van der Waals surface area contributed by atoms with Gasteiger partial charge in [0.15, 0.2) is 6.23 Å². The van der Waals surface area contributed by atoms with Crippen molar-refractivity contribution >= 4 is 5.90 Å². The molecule has 3 heterocycles. The average molecular weight is 549 g/mol. The van der Waals surface area contributed by atoms with Gasteiger partial charge in [-0.1, -0.05) is 37.3 Å². The molecule has 2 aromatic carbocycles. The zero-order valence-electron chi connectivity index (χ0n) is 23.2. The van der Waals surface area contributed by atoms with Crippen molar-refractivity contribution in [2.24, 2.45) is 0 Å². The Labute approximate surface area is 236 Å². The highest BCUT2D eigenvalue weighted by Gasteiger charge is 2.21. The summed E-state index contributed by atoms with van der Waals surface area (Å²) in [5.41, 5.74) is 4.62. The fourth-order valence-electron chi connectivity index (χ4n) is 5.57. The van der Waals surface area contributed by atoms with E-state index < -0.39 is 18.0 Å². The molecule has 2 saturated heterocycles. The maximum Gasteiger partial charge on any atom is 0.197 e. The van der Waals surface area contributed by atoms with Crippen LogP contribution in [0, 0.1) is 5.41 Å². The SMILES string of the molecule is CCCN1CCN(Cc2ccc(-c3cccc(OC4NC=C(F)C=C4C(=N)[O-])c3)c(CN3CCOCC3)c2)CC1. The third-order valence-electron chi connectivity index (χ3n) is 7.69. The molecule has 2 N–H and O–H groups in total. The molecule has 1 atom stereocenters. The van der Waals surface area contributed by atoms with Crippen LogP contribution in [-0.2, 0) is 17.8 Å². The maximum absolute atomic E-state index is 13.7. The van der Waals surface area contributed by atoms with Gasteiger partial charge in [0, 0.05) is 64.1 Å². The highest BCUT2D eigenvalue weighted by atomic mass is 19.1. The minimum Gasteiger partial charge on any atom is -0.859 e. The van der Waals surface area contributed by atoms with E-state index in [9.17, 15) is 9.50 Å². The van der Waals surface area contributed by atoms with Crippen LogP contribution in [0.15, 0.2) is 66.1 Å². The molecule has 2 fully saturated rings. The first-order valence-corrected chi connectivity index (χ1v) is 14.2. The first kappa shape index (κ1) is 28.3. The molecule has 0 bridgehead atoms. The van der Waals surface area contributed by atoms with Crippen LogP contribution in [0.5, 0.6) is 5.75 Å². The van der Waals surface area contributed by atoms with Crippen LogP contribution in [0.3, 0.4) is 0 Å². The van der Waals surface area contributed by atoms with E-state index in [-0.39, 0.29) is 5.57 Å². The molecule has 3 aliphatic heterocycles. The van der Waals surface area contributed by atoms with Gasteiger partial charge in [0.1, 0.15) is 11.6 Å². The van der Waals surface area contributed by atoms with Crippen LogP contribution in [-0.4, -0.2) is 85.9 Å². The predicted octanol–water partition coefficient (Wildman–Crippen LogP) is 3.10. The summed E-state index contributed by atoms with van der Waals surface area (Å²) in [5.74, 6) is -1.06. The lowest BCUT2D eigenvalue weighted by molar-refractivity contribution is -0.216. The van der Waals surface area contributed by atoms with Crippen molar-refractivity contribution in [2.75, 3.05) is 59.0 Å². The molecule has 2 aromatic rings. The Morgan fingerprint density at radius 3 is 2.52 bits per heavy atom. The van der Waals surface area contributed by atoms with Gasteiger partial charge >= 0.3 is 0 Å². The highest BCUT2D eigenvalue weighted by Crippen LogP contribution is 2.30. The van der Waals surface area contributed by atoms with Crippen molar-refractivity contribution in [1.82, 2.24) is 20.0 Å². The Hall–Kier alpha value is -3.24. The van der Waals surface area contributed by atoms with Crippen molar-refractivity contribution in [2.45, 2.75) is 32.7 Å². The van der Waals surface area contributed by atoms with Crippen LogP contribution in [0.25, 0.3) is 11.1 Å². The topological polar surface area (TPSA) is 87.1 Å². The Morgan fingerprint density at radius 2 is 1.77 bits per heavy atom. The smallest absolute Gasteiger partial charge is 0.197 e. The number of hydrogen-bond donors (Lipinski definition) is 2. The molecular formula is C31H39FN5O3-. The Morgan fingerprint density at radius 1 is 1.02 bits per heavy atom. The number of allylic oxidation sites excluding steroid dienone is 2. The number of ether oxygens (including phenoxy) is 2. The number of hydrogen-bond acceptors (Lipinski definition) is 8. The Kier molecular flexibility index (Phi) is 9.49. The van der Waals surface area contributed by atoms with E-state index >= 15 is 0 Å². The highest BCUT2D eigenvalue weighted by molar-refractivity contribution is 5.89. The maximum atomic E-state index is 13.7. The van der Waals surface area contributed by atoms with Gasteiger partial charge in [0.05, 0.1) is 13.2 Å². The number of nitrogens with zero attached hydrogens (tertiary/aromatic N) is 3. The van der Waals surface area contributed by atoms with Crippen molar-refractivity contribution in [3.8, 4) is 16.9 Å². The molecule has 9 heteroatoms. The summed E-state index contributed by atoms with van der Waals surface area (Å²) in [7, 11) is 0. The number of benzene rings is 2. The van der Waals surface area contributed by atoms with Crippen molar-refractivity contribution in [1.29, 1.82) is 5.41 Å². The minimum absolute atomic E-state index is 0.0710. The molecule has 3 aliphatic rings. The number of nitrogens with one attached hydrogen (secondary N) is 2. The molecule has 0 saturated carbocycles. The van der Waals surface area contributed by atoms with Crippen molar-refractivity contribution < 1.29 is 19.0 Å². The van der Waals surface area contributed by atoms with E-state index in [1.807, 2.05) is 12.1 Å². The van der Waals surface area contributed by atoms with E-state index in [4.69, 9.17) is 14.9 Å². The second kappa shape index (κ2) is 13.4. The number of morpholine rings is 1. The number of piperazine rings is 1. The monoisotopic (exact) mass is 548 g/mol. The molecule has 0 aliphatic carbocycles. The van der Waals surface area contributed by atoms with E-state index in [1.54, 1.807) is 6.07 Å². The summed E-state index contributed by atoms with van der Waals surface area (Å²) in [6.07, 6.45) is 2.46. The second-order valence-corrected chi connectivity index (χ2v) is 10.6. The molecule has 0 spiro atoms. The zero-order valence-corrected chi connectivity index (χ0v) is 23.2. The lowest BCUT2D eigenvalue weighted by Crippen LogP contribution is -2.46. The summed E-state index contributed by atoms with van der Waals surface area (Å²) < 4.78 is 25.3. The number of halogens is 1. The number of rotatable bonds is 10. The lowest BCUT2D eigenvalue weighted by Gasteiger charge is -2.34. The molecule has 0 aromatic heterocycles. The normalized spacial score (nSPS) is 20.9. The van der Waals surface area contributed by atoms with Gasteiger partial charge in [-0.05, 0) is 59.3 Å². The van der Waals surface area contributed by atoms with Crippen molar-refractivity contribution in [3.63, 3.8) is 0 Å². The van der Waals surface area contributed by atoms with Gasteiger partial charge in [-0.15, -0.1) is 0 Å². The van der Waals surface area contributed by atoms with Gasteiger partial charge < -0.3 is 30.2 Å². The summed E-state index contributed by atoms with van der Waals surface area (Å²) in [6, 6.07) is 14.5. The predicted molar refractivity (Wildman–Crippen MR) is 153 cm³/mol. The third kappa shape index (κ3) is 7.28. The first-order chi connectivity index (χ1) is 19.5. The molecule has 0 amide bonds. The molecule has 5 rings (SSSR count). The van der Waals surface area contributed by atoms with Gasteiger partial charge in [-0.3, -0.25) is 9.80 Å². The Balaban J connectivity index is 1.36. The average Bonchev–Trinajstić information content (AvgIpc) is 2.96. The standard InChI is InChI=1S/C31H40FN5O3/c1-2-8-35-9-11-36(12-10-35)21-23-6-7-28(25(17-23)22-37-13-15-39-16-14-37)24-4-3-5-27(18-24)40-31-29(30(33)38)19-26(32)20-34-31/h3-7,17-20,31,34H,2,8-16,21-22H2,1H3,(H2,33,38)/p-1. The van der Waals surface area contributed by atoms with Gasteiger partial charge in [-0.2, -0.15) is 0 Å².